The van der Waals surface area contributed by atoms with E-state index in [1.54, 1.807) is 0 Å². The number of rotatable bonds is 7. The number of hydrogen-bond acceptors (Lipinski definition) is 4. The highest BCUT2D eigenvalue weighted by molar-refractivity contribution is 5.79. The van der Waals surface area contributed by atoms with E-state index in [0.717, 1.165) is 38.8 Å². The molecule has 2 aliphatic rings. The second kappa shape index (κ2) is 7.38. The van der Waals surface area contributed by atoms with Crippen LogP contribution >= 0.6 is 0 Å². The Hall–Kier alpha value is -0.650. The molecular weight excluding hydrogens is 256 g/mol. The predicted molar refractivity (Wildman–Crippen MR) is 77.4 cm³/mol. The molecule has 1 aliphatic heterocycles. The van der Waals surface area contributed by atoms with Crippen LogP contribution in [0.15, 0.2) is 0 Å². The molecule has 1 heterocycles. The van der Waals surface area contributed by atoms with Crippen molar-refractivity contribution < 1.29 is 14.6 Å². The summed E-state index contributed by atoms with van der Waals surface area (Å²) in [5.74, 6) is 0.248. The van der Waals surface area contributed by atoms with Crippen LogP contribution in [0.1, 0.15) is 39.0 Å². The van der Waals surface area contributed by atoms with Crippen molar-refractivity contribution in [2.75, 3.05) is 26.7 Å². The summed E-state index contributed by atoms with van der Waals surface area (Å²) in [5.41, 5.74) is 0. The lowest BCUT2D eigenvalue weighted by molar-refractivity contribution is -0.128. The van der Waals surface area contributed by atoms with Crippen LogP contribution in [0.2, 0.25) is 0 Å². The van der Waals surface area contributed by atoms with Crippen molar-refractivity contribution in [2.45, 2.75) is 57.3 Å². The zero-order chi connectivity index (χ0) is 14.5. The summed E-state index contributed by atoms with van der Waals surface area (Å²) in [4.78, 5) is 14.1. The SMILES string of the molecule is CCCCN(C)CC1OCC(NC(=O)C2CCC2)C1O. The van der Waals surface area contributed by atoms with E-state index >= 15 is 0 Å². The third-order valence-electron chi connectivity index (χ3n) is 4.47. The van der Waals surface area contributed by atoms with Crippen molar-refractivity contribution in [2.24, 2.45) is 5.92 Å². The van der Waals surface area contributed by atoms with Gasteiger partial charge < -0.3 is 20.1 Å². The number of ether oxygens (including phenoxy) is 1. The molecule has 1 saturated heterocycles. The second-order valence-corrected chi connectivity index (χ2v) is 6.22. The van der Waals surface area contributed by atoms with E-state index in [1.165, 1.54) is 6.42 Å². The lowest BCUT2D eigenvalue weighted by Crippen LogP contribution is -2.49. The number of likely N-dealkylation sites (N-methyl/N-ethyl adjacent to an activating group) is 1. The van der Waals surface area contributed by atoms with Gasteiger partial charge >= 0.3 is 0 Å². The molecular formula is C15H28N2O3. The summed E-state index contributed by atoms with van der Waals surface area (Å²) in [6.07, 6.45) is 4.65. The smallest absolute Gasteiger partial charge is 0.223 e. The Kier molecular flexibility index (Phi) is 5.81. The quantitative estimate of drug-likeness (QED) is 0.725. The summed E-state index contributed by atoms with van der Waals surface area (Å²) in [6, 6.07) is -0.243. The number of nitrogens with zero attached hydrogens (tertiary/aromatic N) is 1. The Morgan fingerprint density at radius 2 is 2.20 bits per heavy atom. The Morgan fingerprint density at radius 3 is 2.80 bits per heavy atom. The van der Waals surface area contributed by atoms with Crippen molar-refractivity contribution in [1.29, 1.82) is 0 Å². The number of aliphatic hydroxyl groups excluding tert-OH is 1. The zero-order valence-electron chi connectivity index (χ0n) is 12.7. The summed E-state index contributed by atoms with van der Waals surface area (Å²) in [7, 11) is 2.05. The molecule has 3 unspecified atom stereocenters. The van der Waals surface area contributed by atoms with E-state index in [2.05, 4.69) is 17.1 Å². The maximum absolute atomic E-state index is 11.9. The van der Waals surface area contributed by atoms with Gasteiger partial charge in [-0.15, -0.1) is 0 Å². The van der Waals surface area contributed by atoms with Crippen LogP contribution in [0, 0.1) is 5.92 Å². The molecule has 0 radical (unpaired) electrons. The van der Waals surface area contributed by atoms with Crippen LogP contribution in [0.3, 0.4) is 0 Å². The predicted octanol–water partition coefficient (Wildman–Crippen LogP) is 0.763. The van der Waals surface area contributed by atoms with E-state index < -0.39 is 6.10 Å². The van der Waals surface area contributed by atoms with E-state index in [0.29, 0.717) is 6.61 Å². The Balaban J connectivity index is 1.73. The first-order valence-electron chi connectivity index (χ1n) is 7.90. The van der Waals surface area contributed by atoms with Gasteiger partial charge in [0.1, 0.15) is 6.10 Å². The second-order valence-electron chi connectivity index (χ2n) is 6.22. The molecule has 1 amide bonds. The molecule has 0 spiro atoms. The lowest BCUT2D eigenvalue weighted by Gasteiger charge is -2.27. The standard InChI is InChI=1S/C15H28N2O3/c1-3-4-8-17(2)9-13-14(18)12(10-20-13)16-15(19)11-6-5-7-11/h11-14,18H,3-10H2,1-2H3,(H,16,19). The molecule has 5 nitrogen and oxygen atoms in total. The minimum Gasteiger partial charge on any atom is -0.388 e. The van der Waals surface area contributed by atoms with Gasteiger partial charge in [-0.2, -0.15) is 0 Å². The minimum atomic E-state index is -0.594. The number of amides is 1. The first-order valence-corrected chi connectivity index (χ1v) is 7.90. The molecule has 0 aromatic carbocycles. The maximum atomic E-state index is 11.9. The molecule has 0 aromatic heterocycles. The highest BCUT2D eigenvalue weighted by Crippen LogP contribution is 2.27. The average Bonchev–Trinajstić information content (AvgIpc) is 2.67. The van der Waals surface area contributed by atoms with E-state index in [-0.39, 0.29) is 24.0 Å². The fourth-order valence-corrected chi connectivity index (χ4v) is 2.77. The molecule has 1 aliphatic carbocycles. The number of carbonyl (C=O) groups excluding carboxylic acids is 1. The molecule has 0 bridgehead atoms. The Bertz CT molecular complexity index is 320. The highest BCUT2D eigenvalue weighted by Gasteiger charge is 2.38. The molecule has 20 heavy (non-hydrogen) atoms. The summed E-state index contributed by atoms with van der Waals surface area (Å²) in [5, 5.41) is 13.2. The van der Waals surface area contributed by atoms with Gasteiger partial charge in [-0.25, -0.2) is 0 Å². The van der Waals surface area contributed by atoms with Crippen molar-refractivity contribution >= 4 is 5.91 Å². The Morgan fingerprint density at radius 1 is 1.45 bits per heavy atom. The van der Waals surface area contributed by atoms with Gasteiger partial charge in [-0.05, 0) is 32.9 Å². The van der Waals surface area contributed by atoms with Crippen LogP contribution in [0.5, 0.6) is 0 Å². The largest absolute Gasteiger partial charge is 0.388 e. The van der Waals surface area contributed by atoms with E-state index in [4.69, 9.17) is 4.74 Å². The van der Waals surface area contributed by atoms with Crippen LogP contribution in [0.25, 0.3) is 0 Å². The average molecular weight is 284 g/mol. The topological polar surface area (TPSA) is 61.8 Å². The molecule has 2 rings (SSSR count). The third-order valence-corrected chi connectivity index (χ3v) is 4.47. The van der Waals surface area contributed by atoms with Gasteiger partial charge in [0.15, 0.2) is 0 Å². The van der Waals surface area contributed by atoms with Crippen molar-refractivity contribution in [3.8, 4) is 0 Å². The normalized spacial score (nSPS) is 30.5. The van der Waals surface area contributed by atoms with E-state index in [9.17, 15) is 9.90 Å². The molecule has 1 saturated carbocycles. The van der Waals surface area contributed by atoms with Gasteiger partial charge in [0, 0.05) is 12.5 Å². The number of hydrogen-bond donors (Lipinski definition) is 2. The van der Waals surface area contributed by atoms with Gasteiger partial charge in [0.2, 0.25) is 5.91 Å². The molecule has 5 heteroatoms. The van der Waals surface area contributed by atoms with Crippen LogP contribution in [-0.2, 0) is 9.53 Å². The van der Waals surface area contributed by atoms with E-state index in [1.807, 2.05) is 7.05 Å². The number of aliphatic hydroxyl groups is 1. The number of nitrogens with one attached hydrogen (secondary N) is 1. The van der Waals surface area contributed by atoms with Crippen molar-refractivity contribution in [1.82, 2.24) is 10.2 Å². The fourth-order valence-electron chi connectivity index (χ4n) is 2.77. The van der Waals surface area contributed by atoms with Crippen molar-refractivity contribution in [3.05, 3.63) is 0 Å². The van der Waals surface area contributed by atoms with Gasteiger partial charge in [0.25, 0.3) is 0 Å². The molecule has 116 valence electrons. The summed E-state index contributed by atoms with van der Waals surface area (Å²) >= 11 is 0. The van der Waals surface area contributed by atoms with Crippen LogP contribution < -0.4 is 5.32 Å². The number of carbonyl (C=O) groups is 1. The first kappa shape index (κ1) is 15.7. The van der Waals surface area contributed by atoms with Crippen LogP contribution in [0.4, 0.5) is 0 Å². The molecule has 3 atom stereocenters. The van der Waals surface area contributed by atoms with Gasteiger partial charge in [-0.3, -0.25) is 4.79 Å². The summed E-state index contributed by atoms with van der Waals surface area (Å²) in [6.45, 7) is 4.33. The first-order chi connectivity index (χ1) is 9.61. The van der Waals surface area contributed by atoms with Crippen molar-refractivity contribution in [3.63, 3.8) is 0 Å². The zero-order valence-corrected chi connectivity index (χ0v) is 12.7. The Labute approximate surface area is 121 Å². The maximum Gasteiger partial charge on any atom is 0.223 e. The minimum absolute atomic E-state index is 0.0869. The molecule has 2 fully saturated rings. The molecule has 2 N–H and O–H groups in total. The number of unbranched alkanes of at least 4 members (excludes halogenated alkanes) is 1. The summed E-state index contributed by atoms with van der Waals surface area (Å²) < 4.78 is 5.65. The fraction of sp³-hybridized carbons (Fsp3) is 0.933. The van der Waals surface area contributed by atoms with Gasteiger partial charge in [0.05, 0.1) is 18.8 Å². The monoisotopic (exact) mass is 284 g/mol. The molecule has 0 aromatic rings. The lowest BCUT2D eigenvalue weighted by atomic mass is 9.84. The highest BCUT2D eigenvalue weighted by atomic mass is 16.5. The van der Waals surface area contributed by atoms with Crippen LogP contribution in [-0.4, -0.2) is 60.9 Å². The van der Waals surface area contributed by atoms with Gasteiger partial charge in [-0.1, -0.05) is 19.8 Å². The third kappa shape index (κ3) is 3.93.